The van der Waals surface area contributed by atoms with Gasteiger partial charge in [0.15, 0.2) is 5.43 Å². The van der Waals surface area contributed by atoms with Crippen molar-refractivity contribution >= 4 is 39.2 Å². The van der Waals surface area contributed by atoms with Gasteiger partial charge < -0.3 is 9.73 Å². The number of aromatic amines is 1. The van der Waals surface area contributed by atoms with Crippen molar-refractivity contribution in [3.8, 4) is 11.3 Å². The predicted molar refractivity (Wildman–Crippen MR) is 133 cm³/mol. The summed E-state index contributed by atoms with van der Waals surface area (Å²) >= 11 is 6.01. The minimum Gasteiger partial charge on any atom is -0.455 e. The molecule has 33 heavy (non-hydrogen) atoms. The Morgan fingerprint density at radius 2 is 1.91 bits per heavy atom. The summed E-state index contributed by atoms with van der Waals surface area (Å²) in [6.07, 6.45) is 1.77. The van der Waals surface area contributed by atoms with Gasteiger partial charge in [0.05, 0.1) is 34.5 Å². The third-order valence-electron chi connectivity index (χ3n) is 5.99. The minimum atomic E-state index is -0.136. The van der Waals surface area contributed by atoms with Gasteiger partial charge in [0, 0.05) is 22.1 Å². The molecule has 0 aliphatic carbocycles. The zero-order chi connectivity index (χ0) is 23.3. The molecule has 3 aromatic heterocycles. The summed E-state index contributed by atoms with van der Waals surface area (Å²) in [6, 6.07) is 13.3. The van der Waals surface area contributed by atoms with Crippen LogP contribution < -0.4 is 10.7 Å². The molecule has 3 heterocycles. The van der Waals surface area contributed by atoms with E-state index in [9.17, 15) is 4.79 Å². The Kier molecular flexibility index (Phi) is 5.17. The quantitative estimate of drug-likeness (QED) is 0.301. The maximum atomic E-state index is 13.4. The monoisotopic (exact) mass is 458 g/mol. The summed E-state index contributed by atoms with van der Waals surface area (Å²) in [6.45, 7) is 7.74. The van der Waals surface area contributed by atoms with Gasteiger partial charge in [0.1, 0.15) is 16.5 Å². The first-order valence-electron chi connectivity index (χ1n) is 10.7. The number of nitrogens with one attached hydrogen (secondary N) is 2. The van der Waals surface area contributed by atoms with Crippen molar-refractivity contribution in [3.05, 3.63) is 86.4 Å². The molecule has 5 rings (SSSR count). The maximum Gasteiger partial charge on any atom is 0.196 e. The smallest absolute Gasteiger partial charge is 0.196 e. The van der Waals surface area contributed by atoms with E-state index in [1.54, 1.807) is 12.3 Å². The van der Waals surface area contributed by atoms with E-state index in [0.29, 0.717) is 27.4 Å². The molecule has 5 aromatic rings. The first-order chi connectivity index (χ1) is 15.8. The molecule has 1 atom stereocenters. The number of H-pyrrole nitrogens is 1. The second-order valence-electron chi connectivity index (χ2n) is 8.42. The van der Waals surface area contributed by atoms with Crippen LogP contribution in [0.5, 0.6) is 0 Å². The summed E-state index contributed by atoms with van der Waals surface area (Å²) in [4.78, 5) is 17.7. The van der Waals surface area contributed by atoms with Gasteiger partial charge in [0.2, 0.25) is 0 Å². The standard InChI is InChI=1S/C26H23ClN4O2/c1-13-9-19(15(3)29-21-7-8-23(27)30-16(21)4)26-20(10-13)24(32)14(2)25(33-26)17-5-6-18-12-28-31-22(18)11-17/h5-12,15,29H,1-4H3,(H,28,31). The van der Waals surface area contributed by atoms with E-state index < -0.39 is 0 Å². The number of halogens is 1. The normalized spacial score (nSPS) is 12.4. The minimum absolute atomic E-state index is 0.0301. The Morgan fingerprint density at radius 3 is 2.70 bits per heavy atom. The number of hydrogen-bond donors (Lipinski definition) is 2. The Morgan fingerprint density at radius 1 is 1.09 bits per heavy atom. The number of nitrogens with zero attached hydrogens (tertiary/aromatic N) is 2. The summed E-state index contributed by atoms with van der Waals surface area (Å²) in [5.74, 6) is 0.561. The van der Waals surface area contributed by atoms with Gasteiger partial charge in [-0.3, -0.25) is 9.89 Å². The zero-order valence-electron chi connectivity index (χ0n) is 18.8. The largest absolute Gasteiger partial charge is 0.455 e. The van der Waals surface area contributed by atoms with Crippen LogP contribution in [0.25, 0.3) is 33.2 Å². The molecular weight excluding hydrogens is 436 g/mol. The SMILES string of the molecule is Cc1cc(C(C)Nc2ccc(Cl)nc2C)c2oc(-c3ccc4cn[nH]c4c3)c(C)c(=O)c2c1. The second-order valence-corrected chi connectivity index (χ2v) is 8.81. The van der Waals surface area contributed by atoms with E-state index in [-0.39, 0.29) is 11.5 Å². The predicted octanol–water partition coefficient (Wildman–Crippen LogP) is 6.48. The molecule has 0 aliphatic heterocycles. The number of anilines is 1. The highest BCUT2D eigenvalue weighted by Gasteiger charge is 2.19. The molecule has 7 heteroatoms. The number of benzene rings is 2. The van der Waals surface area contributed by atoms with Crippen LogP contribution in [0.4, 0.5) is 5.69 Å². The topological polar surface area (TPSA) is 83.8 Å². The molecule has 0 fully saturated rings. The van der Waals surface area contributed by atoms with Gasteiger partial charge in [-0.2, -0.15) is 5.10 Å². The highest BCUT2D eigenvalue weighted by Crippen LogP contribution is 2.33. The van der Waals surface area contributed by atoms with Crippen molar-refractivity contribution in [1.29, 1.82) is 0 Å². The number of aromatic nitrogens is 3. The summed E-state index contributed by atoms with van der Waals surface area (Å²) in [5.41, 5.74) is 6.42. The van der Waals surface area contributed by atoms with Gasteiger partial charge in [0.25, 0.3) is 0 Å². The molecule has 166 valence electrons. The Hall–Kier alpha value is -3.64. The number of pyridine rings is 1. The van der Waals surface area contributed by atoms with Crippen molar-refractivity contribution in [3.63, 3.8) is 0 Å². The second kappa shape index (κ2) is 8.05. The lowest BCUT2D eigenvalue weighted by molar-refractivity contribution is 0.605. The fourth-order valence-corrected chi connectivity index (χ4v) is 4.43. The number of fused-ring (bicyclic) bond motifs is 2. The Balaban J connectivity index is 1.68. The van der Waals surface area contributed by atoms with E-state index in [1.165, 1.54) is 0 Å². The van der Waals surface area contributed by atoms with Crippen molar-refractivity contribution in [2.45, 2.75) is 33.7 Å². The Labute approximate surface area is 195 Å². The average molecular weight is 459 g/mol. The lowest BCUT2D eigenvalue weighted by Crippen LogP contribution is -2.13. The van der Waals surface area contributed by atoms with Crippen molar-refractivity contribution in [2.24, 2.45) is 0 Å². The highest BCUT2D eigenvalue weighted by atomic mass is 35.5. The molecule has 0 bridgehead atoms. The number of rotatable bonds is 4. The first kappa shape index (κ1) is 21.2. The van der Waals surface area contributed by atoms with E-state index in [1.807, 2.05) is 58.0 Å². The van der Waals surface area contributed by atoms with Crippen molar-refractivity contribution in [1.82, 2.24) is 15.2 Å². The maximum absolute atomic E-state index is 13.4. The molecule has 0 saturated carbocycles. The van der Waals surface area contributed by atoms with Crippen LogP contribution in [0.3, 0.4) is 0 Å². The molecule has 6 nitrogen and oxygen atoms in total. The summed E-state index contributed by atoms with van der Waals surface area (Å²) in [7, 11) is 0. The van der Waals surface area contributed by atoms with Crippen LogP contribution in [-0.4, -0.2) is 15.2 Å². The Bertz CT molecular complexity index is 1590. The molecule has 0 spiro atoms. The molecule has 1 unspecified atom stereocenters. The van der Waals surface area contributed by atoms with Crippen LogP contribution in [0.15, 0.2) is 57.9 Å². The number of aryl methyl sites for hydroxylation is 2. The van der Waals surface area contributed by atoms with Gasteiger partial charge >= 0.3 is 0 Å². The lowest BCUT2D eigenvalue weighted by Gasteiger charge is -2.19. The molecule has 0 amide bonds. The van der Waals surface area contributed by atoms with E-state index in [0.717, 1.165) is 39.0 Å². The van der Waals surface area contributed by atoms with Gasteiger partial charge in [-0.25, -0.2) is 4.98 Å². The third-order valence-corrected chi connectivity index (χ3v) is 6.20. The molecule has 0 saturated heterocycles. The molecule has 2 aromatic carbocycles. The summed E-state index contributed by atoms with van der Waals surface area (Å²) < 4.78 is 6.47. The van der Waals surface area contributed by atoms with E-state index in [2.05, 4.69) is 26.6 Å². The van der Waals surface area contributed by atoms with Crippen LogP contribution in [0.1, 0.15) is 35.3 Å². The van der Waals surface area contributed by atoms with Gasteiger partial charge in [-0.15, -0.1) is 0 Å². The first-order valence-corrected chi connectivity index (χ1v) is 11.1. The van der Waals surface area contributed by atoms with Crippen LogP contribution >= 0.6 is 11.6 Å². The van der Waals surface area contributed by atoms with Crippen molar-refractivity contribution in [2.75, 3.05) is 5.32 Å². The molecular formula is C26H23ClN4O2. The van der Waals surface area contributed by atoms with Crippen LogP contribution in [-0.2, 0) is 0 Å². The van der Waals surface area contributed by atoms with E-state index in [4.69, 9.17) is 16.0 Å². The van der Waals surface area contributed by atoms with Gasteiger partial charge in [-0.1, -0.05) is 29.8 Å². The highest BCUT2D eigenvalue weighted by molar-refractivity contribution is 6.29. The van der Waals surface area contributed by atoms with Crippen LogP contribution in [0, 0.1) is 20.8 Å². The fraction of sp³-hybridized carbons (Fsp3) is 0.192. The zero-order valence-corrected chi connectivity index (χ0v) is 19.5. The van der Waals surface area contributed by atoms with Crippen molar-refractivity contribution < 1.29 is 4.42 Å². The fourth-order valence-electron chi connectivity index (χ4n) is 4.24. The third kappa shape index (κ3) is 3.76. The molecule has 0 aliphatic rings. The number of hydrogen-bond acceptors (Lipinski definition) is 5. The van der Waals surface area contributed by atoms with Crippen LogP contribution in [0.2, 0.25) is 5.15 Å². The average Bonchev–Trinajstić information content (AvgIpc) is 3.26. The molecule has 2 N–H and O–H groups in total. The van der Waals surface area contributed by atoms with Gasteiger partial charge in [-0.05, 0) is 57.5 Å². The summed E-state index contributed by atoms with van der Waals surface area (Å²) in [5, 5.41) is 12.6. The molecule has 0 radical (unpaired) electrons. The van der Waals surface area contributed by atoms with E-state index >= 15 is 0 Å². The lowest BCUT2D eigenvalue weighted by atomic mass is 9.98.